The molecule has 0 amide bonds. The van der Waals surface area contributed by atoms with E-state index in [0.717, 1.165) is 62.4 Å². The first kappa shape index (κ1) is 24.4. The largest absolute Gasteiger partial charge is 0.450 e. The summed E-state index contributed by atoms with van der Waals surface area (Å²) in [5, 5.41) is 0. The lowest BCUT2D eigenvalue weighted by Crippen LogP contribution is -2.31. The third-order valence-corrected chi connectivity index (χ3v) is 18.0. The first-order valence-electron chi connectivity index (χ1n) is 14.4. The maximum absolute atomic E-state index is 15.0. The van der Waals surface area contributed by atoms with Crippen LogP contribution in [0.2, 0.25) is 0 Å². The van der Waals surface area contributed by atoms with Crippen LogP contribution >= 0.6 is 14.3 Å². The van der Waals surface area contributed by atoms with Gasteiger partial charge in [0.1, 0.15) is 0 Å². The van der Waals surface area contributed by atoms with Gasteiger partial charge in [-0.25, -0.2) is 0 Å². The van der Waals surface area contributed by atoms with Crippen molar-refractivity contribution in [2.24, 2.45) is 0 Å². The Hall–Kier alpha value is -0.260. The number of hydrogen-bond acceptors (Lipinski definition) is 3. The van der Waals surface area contributed by atoms with E-state index < -0.39 is 14.3 Å². The SMILES string of the molecule is O=P(c1ccc(P(=O)(C2CCCCC2)C2CCCCC2)o1)(C1CCCCC1)C1CCCCC1. The van der Waals surface area contributed by atoms with Gasteiger partial charge in [0.05, 0.1) is 0 Å². The van der Waals surface area contributed by atoms with Crippen molar-refractivity contribution < 1.29 is 13.5 Å². The third kappa shape index (κ3) is 4.77. The molecule has 0 aromatic carbocycles. The summed E-state index contributed by atoms with van der Waals surface area (Å²) < 4.78 is 36.8. The van der Waals surface area contributed by atoms with Crippen molar-refractivity contribution in [1.29, 1.82) is 0 Å². The minimum atomic E-state index is -2.64. The van der Waals surface area contributed by atoms with E-state index >= 15 is 9.13 Å². The van der Waals surface area contributed by atoms with Crippen LogP contribution in [0.1, 0.15) is 128 Å². The fourth-order valence-electron chi connectivity index (χ4n) is 7.87. The predicted molar refractivity (Wildman–Crippen MR) is 141 cm³/mol. The van der Waals surface area contributed by atoms with E-state index in [0.29, 0.717) is 0 Å². The van der Waals surface area contributed by atoms with Gasteiger partial charge in [-0.3, -0.25) is 0 Å². The third-order valence-electron chi connectivity index (χ3n) is 9.74. The Bertz CT molecular complexity index is 738. The van der Waals surface area contributed by atoms with Crippen molar-refractivity contribution in [2.75, 3.05) is 0 Å². The molecule has 5 rings (SSSR count). The van der Waals surface area contributed by atoms with Gasteiger partial charge in [0.2, 0.25) is 0 Å². The van der Waals surface area contributed by atoms with Crippen LogP contribution in [0.5, 0.6) is 0 Å². The highest BCUT2D eigenvalue weighted by Gasteiger charge is 2.48. The molecule has 1 aromatic rings. The quantitative estimate of drug-likeness (QED) is 0.374. The molecule has 4 aliphatic carbocycles. The Morgan fingerprint density at radius 2 is 0.697 bits per heavy atom. The van der Waals surface area contributed by atoms with Crippen LogP contribution in [0.3, 0.4) is 0 Å². The lowest BCUT2D eigenvalue weighted by atomic mass is 9.99. The summed E-state index contributed by atoms with van der Waals surface area (Å²) >= 11 is 0. The average molecular weight is 493 g/mol. The molecule has 4 fully saturated rings. The van der Waals surface area contributed by atoms with Gasteiger partial charge < -0.3 is 13.5 Å². The molecule has 0 atom stereocenters. The van der Waals surface area contributed by atoms with Crippen molar-refractivity contribution in [1.82, 2.24) is 0 Å². The highest BCUT2D eigenvalue weighted by molar-refractivity contribution is 7.73. The fourth-order valence-corrected chi connectivity index (χ4v) is 16.2. The minimum absolute atomic E-state index is 0.289. The summed E-state index contributed by atoms with van der Waals surface area (Å²) in [5.74, 6) is 0. The van der Waals surface area contributed by atoms with Crippen molar-refractivity contribution >= 4 is 25.3 Å². The first-order valence-corrected chi connectivity index (χ1v) is 18.1. The predicted octanol–water partition coefficient (Wildman–Crippen LogP) is 8.59. The Kier molecular flexibility index (Phi) is 7.98. The smallest absolute Gasteiger partial charge is 0.164 e. The van der Waals surface area contributed by atoms with Gasteiger partial charge in [-0.1, -0.05) is 77.0 Å². The molecule has 0 spiro atoms. The van der Waals surface area contributed by atoms with Gasteiger partial charge in [0, 0.05) is 22.6 Å². The van der Waals surface area contributed by atoms with E-state index in [1.54, 1.807) is 0 Å². The molecule has 3 nitrogen and oxygen atoms in total. The molecule has 0 saturated heterocycles. The van der Waals surface area contributed by atoms with E-state index in [2.05, 4.69) is 12.1 Å². The zero-order valence-corrected chi connectivity index (χ0v) is 22.5. The molecule has 0 aliphatic heterocycles. The molecule has 1 heterocycles. The molecular formula is C28H46O3P2. The molecule has 5 heteroatoms. The van der Waals surface area contributed by atoms with Crippen molar-refractivity contribution in [3.8, 4) is 0 Å². The minimum Gasteiger partial charge on any atom is -0.450 e. The number of hydrogen-bond donors (Lipinski definition) is 0. The Morgan fingerprint density at radius 3 is 0.939 bits per heavy atom. The van der Waals surface area contributed by atoms with Gasteiger partial charge >= 0.3 is 0 Å². The molecule has 0 unspecified atom stereocenters. The van der Waals surface area contributed by atoms with Gasteiger partial charge in [-0.15, -0.1) is 0 Å². The van der Waals surface area contributed by atoms with Gasteiger partial charge in [0.15, 0.2) is 25.3 Å². The van der Waals surface area contributed by atoms with E-state index in [1.165, 1.54) is 77.0 Å². The van der Waals surface area contributed by atoms with Crippen LogP contribution in [0.4, 0.5) is 0 Å². The highest BCUT2D eigenvalue weighted by Crippen LogP contribution is 2.64. The topological polar surface area (TPSA) is 47.3 Å². The van der Waals surface area contributed by atoms with Crippen LogP contribution in [0, 0.1) is 0 Å². The molecule has 0 bridgehead atoms. The molecule has 186 valence electrons. The second kappa shape index (κ2) is 10.8. The van der Waals surface area contributed by atoms with Crippen LogP contribution in [-0.2, 0) is 9.13 Å². The van der Waals surface area contributed by atoms with Crippen LogP contribution in [-0.4, -0.2) is 22.6 Å². The van der Waals surface area contributed by atoms with Crippen LogP contribution < -0.4 is 11.0 Å². The van der Waals surface area contributed by atoms with E-state index in [4.69, 9.17) is 4.42 Å². The number of rotatable bonds is 6. The standard InChI is InChI=1S/C28H46O3P2/c29-32(23-13-5-1-6-14-23,24-15-7-2-8-16-24)27-21-22-28(31-27)33(30,25-17-9-3-10-18-25)26-19-11-4-12-20-26/h21-26H,1-20H2. The maximum Gasteiger partial charge on any atom is 0.164 e. The molecule has 0 N–H and O–H groups in total. The Labute approximate surface area is 202 Å². The first-order chi connectivity index (χ1) is 16.1. The van der Waals surface area contributed by atoms with E-state index in [1.807, 2.05) is 0 Å². The molecule has 33 heavy (non-hydrogen) atoms. The zero-order chi connectivity index (χ0) is 22.7. The van der Waals surface area contributed by atoms with Crippen molar-refractivity contribution in [3.05, 3.63) is 12.1 Å². The zero-order valence-electron chi connectivity index (χ0n) is 20.7. The molecule has 1 aromatic heterocycles. The monoisotopic (exact) mass is 492 g/mol. The summed E-state index contributed by atoms with van der Waals surface area (Å²) in [7, 11) is -5.28. The van der Waals surface area contributed by atoms with Crippen molar-refractivity contribution in [3.63, 3.8) is 0 Å². The normalized spacial score (nSPS) is 25.9. The second-order valence-electron chi connectivity index (χ2n) is 11.7. The van der Waals surface area contributed by atoms with Gasteiger partial charge in [-0.05, 0) is 63.5 Å². The van der Waals surface area contributed by atoms with Gasteiger partial charge in [-0.2, -0.15) is 0 Å². The lowest BCUT2D eigenvalue weighted by molar-refractivity contribution is 0.443. The summed E-state index contributed by atoms with van der Waals surface area (Å²) in [4.78, 5) is 0. The van der Waals surface area contributed by atoms with Crippen LogP contribution in [0.15, 0.2) is 16.5 Å². The van der Waals surface area contributed by atoms with Gasteiger partial charge in [0.25, 0.3) is 0 Å². The van der Waals surface area contributed by atoms with Crippen molar-refractivity contribution in [2.45, 2.75) is 151 Å². The Balaban J connectivity index is 1.52. The van der Waals surface area contributed by atoms with Crippen LogP contribution in [0.25, 0.3) is 0 Å². The lowest BCUT2D eigenvalue weighted by Gasteiger charge is -2.38. The molecule has 0 radical (unpaired) electrons. The second-order valence-corrected chi connectivity index (χ2v) is 18.3. The average Bonchev–Trinajstić information content (AvgIpc) is 3.41. The number of furan rings is 1. The molecular weight excluding hydrogens is 446 g/mol. The Morgan fingerprint density at radius 1 is 0.455 bits per heavy atom. The van der Waals surface area contributed by atoms with E-state index in [9.17, 15) is 0 Å². The summed E-state index contributed by atoms with van der Waals surface area (Å²) in [6.45, 7) is 0. The highest BCUT2D eigenvalue weighted by atomic mass is 31.2. The summed E-state index contributed by atoms with van der Waals surface area (Å²) in [6, 6.07) is 4.11. The van der Waals surface area contributed by atoms with E-state index in [-0.39, 0.29) is 22.6 Å². The molecule has 4 aliphatic rings. The fraction of sp³-hybridized carbons (Fsp3) is 0.857. The summed E-state index contributed by atoms with van der Waals surface area (Å²) in [5.41, 5.74) is 2.69. The molecule has 4 saturated carbocycles. The summed E-state index contributed by atoms with van der Waals surface area (Å²) in [6.07, 6.45) is 23.5. The maximum atomic E-state index is 15.0.